The fourth-order valence-electron chi connectivity index (χ4n) is 4.27. The Bertz CT molecular complexity index is 804. The number of hydrogen-bond donors (Lipinski definition) is 1. The van der Waals surface area contributed by atoms with E-state index in [1.165, 1.54) is 24.0 Å². The van der Waals surface area contributed by atoms with Crippen LogP contribution in [0.1, 0.15) is 52.9 Å². The number of fused-ring (bicyclic) bond motifs is 1. The van der Waals surface area contributed by atoms with Crippen LogP contribution in [-0.2, 0) is 19.3 Å². The summed E-state index contributed by atoms with van der Waals surface area (Å²) in [5, 5.41) is 0. The molecule has 2 aromatic rings. The summed E-state index contributed by atoms with van der Waals surface area (Å²) < 4.78 is 0. The Morgan fingerprint density at radius 3 is 2.77 bits per heavy atom. The van der Waals surface area contributed by atoms with Crippen molar-refractivity contribution in [3.05, 3.63) is 53.0 Å². The molecule has 0 bridgehead atoms. The molecule has 2 heterocycles. The molecule has 1 fully saturated rings. The standard InChI is InChI=1S/C21H26N4O/c22-20-19(23-9-10-24-20)12-15-4-3-11-25(14-15)21(26)18-8-7-16-5-1-2-6-17(16)13-18/h7-10,13,15H,1-6,11-12,14H2,(H2,22,24)/t15-/m0/s1. The van der Waals surface area contributed by atoms with Crippen molar-refractivity contribution < 1.29 is 4.79 Å². The molecule has 4 rings (SSSR count). The van der Waals surface area contributed by atoms with Crippen LogP contribution in [0.4, 0.5) is 5.82 Å². The van der Waals surface area contributed by atoms with Crippen LogP contribution < -0.4 is 5.73 Å². The number of amides is 1. The molecule has 5 heteroatoms. The predicted octanol–water partition coefficient (Wildman–Crippen LogP) is 3.03. The number of carbonyl (C=O) groups is 1. The molecular formula is C21H26N4O. The van der Waals surface area contributed by atoms with Crippen molar-refractivity contribution in [2.24, 2.45) is 5.92 Å². The molecule has 1 aromatic carbocycles. The number of piperidine rings is 1. The van der Waals surface area contributed by atoms with E-state index >= 15 is 0 Å². The van der Waals surface area contributed by atoms with E-state index in [4.69, 9.17) is 5.73 Å². The maximum Gasteiger partial charge on any atom is 0.253 e. The summed E-state index contributed by atoms with van der Waals surface area (Å²) in [7, 11) is 0. The molecule has 0 spiro atoms. The molecule has 1 saturated heterocycles. The van der Waals surface area contributed by atoms with Crippen molar-refractivity contribution >= 4 is 11.7 Å². The lowest BCUT2D eigenvalue weighted by Crippen LogP contribution is -2.40. The second-order valence-electron chi connectivity index (χ2n) is 7.54. The van der Waals surface area contributed by atoms with Gasteiger partial charge in [0.25, 0.3) is 5.91 Å². The molecule has 136 valence electrons. The normalized spacial score (nSPS) is 19.8. The molecular weight excluding hydrogens is 324 g/mol. The summed E-state index contributed by atoms with van der Waals surface area (Å²) in [5.74, 6) is 1.06. The molecule has 1 atom stereocenters. The van der Waals surface area contributed by atoms with Crippen molar-refractivity contribution in [1.82, 2.24) is 14.9 Å². The van der Waals surface area contributed by atoms with Crippen LogP contribution in [0.2, 0.25) is 0 Å². The highest BCUT2D eigenvalue weighted by atomic mass is 16.2. The Hall–Kier alpha value is -2.43. The molecule has 2 aliphatic rings. The number of nitrogens with zero attached hydrogens (tertiary/aromatic N) is 3. The first kappa shape index (κ1) is 17.0. The maximum absolute atomic E-state index is 13.0. The van der Waals surface area contributed by atoms with E-state index in [1.54, 1.807) is 12.4 Å². The highest BCUT2D eigenvalue weighted by Gasteiger charge is 2.26. The van der Waals surface area contributed by atoms with E-state index in [0.717, 1.165) is 56.5 Å². The number of benzene rings is 1. The smallest absolute Gasteiger partial charge is 0.253 e. The number of aromatic nitrogens is 2. The van der Waals surface area contributed by atoms with Gasteiger partial charge < -0.3 is 10.6 Å². The van der Waals surface area contributed by atoms with Crippen molar-refractivity contribution in [1.29, 1.82) is 0 Å². The van der Waals surface area contributed by atoms with Crippen molar-refractivity contribution in [3.8, 4) is 0 Å². The van der Waals surface area contributed by atoms with Gasteiger partial charge in [-0.3, -0.25) is 9.78 Å². The fraction of sp³-hybridized carbons (Fsp3) is 0.476. The van der Waals surface area contributed by atoms with Gasteiger partial charge in [0.2, 0.25) is 0 Å². The number of rotatable bonds is 3. The zero-order valence-electron chi connectivity index (χ0n) is 15.2. The molecule has 1 amide bonds. The van der Waals surface area contributed by atoms with Gasteiger partial charge in [-0.05, 0) is 74.1 Å². The monoisotopic (exact) mass is 350 g/mol. The van der Waals surface area contributed by atoms with Gasteiger partial charge in [-0.15, -0.1) is 0 Å². The van der Waals surface area contributed by atoms with E-state index in [9.17, 15) is 4.79 Å². The Morgan fingerprint density at radius 1 is 1.12 bits per heavy atom. The number of nitrogens with two attached hydrogens (primary N) is 1. The third kappa shape index (κ3) is 3.57. The second kappa shape index (κ2) is 7.44. The zero-order chi connectivity index (χ0) is 17.9. The molecule has 0 unspecified atom stereocenters. The molecule has 1 aliphatic heterocycles. The lowest BCUT2D eigenvalue weighted by molar-refractivity contribution is 0.0672. The Labute approximate surface area is 154 Å². The quantitative estimate of drug-likeness (QED) is 0.923. The highest BCUT2D eigenvalue weighted by Crippen LogP contribution is 2.25. The van der Waals surface area contributed by atoms with Crippen molar-refractivity contribution in [3.63, 3.8) is 0 Å². The van der Waals surface area contributed by atoms with Gasteiger partial charge >= 0.3 is 0 Å². The van der Waals surface area contributed by atoms with Crippen molar-refractivity contribution in [2.75, 3.05) is 18.8 Å². The van der Waals surface area contributed by atoms with Crippen LogP contribution in [0.25, 0.3) is 0 Å². The number of likely N-dealkylation sites (tertiary alicyclic amines) is 1. The maximum atomic E-state index is 13.0. The van der Waals surface area contributed by atoms with E-state index in [2.05, 4.69) is 22.1 Å². The summed E-state index contributed by atoms with van der Waals surface area (Å²) in [4.78, 5) is 23.5. The Kier molecular flexibility index (Phi) is 4.87. The predicted molar refractivity (Wildman–Crippen MR) is 102 cm³/mol. The largest absolute Gasteiger partial charge is 0.382 e. The lowest BCUT2D eigenvalue weighted by Gasteiger charge is -2.33. The van der Waals surface area contributed by atoms with Gasteiger partial charge in [-0.25, -0.2) is 4.98 Å². The third-order valence-corrected chi connectivity index (χ3v) is 5.69. The summed E-state index contributed by atoms with van der Waals surface area (Å²) in [5.41, 5.74) is 10.4. The van der Waals surface area contributed by atoms with Crippen LogP contribution >= 0.6 is 0 Å². The van der Waals surface area contributed by atoms with Gasteiger partial charge in [-0.2, -0.15) is 0 Å². The average molecular weight is 350 g/mol. The van der Waals surface area contributed by atoms with Crippen LogP contribution in [0.3, 0.4) is 0 Å². The van der Waals surface area contributed by atoms with Gasteiger partial charge in [0.15, 0.2) is 0 Å². The van der Waals surface area contributed by atoms with Gasteiger partial charge in [-0.1, -0.05) is 6.07 Å². The third-order valence-electron chi connectivity index (χ3n) is 5.69. The van der Waals surface area contributed by atoms with E-state index in [0.29, 0.717) is 11.7 Å². The minimum Gasteiger partial charge on any atom is -0.382 e. The molecule has 1 aromatic heterocycles. The fourth-order valence-corrected chi connectivity index (χ4v) is 4.27. The average Bonchev–Trinajstić information content (AvgIpc) is 2.69. The number of anilines is 1. The summed E-state index contributed by atoms with van der Waals surface area (Å²) in [6.07, 6.45) is 11.0. The van der Waals surface area contributed by atoms with E-state index in [-0.39, 0.29) is 5.91 Å². The van der Waals surface area contributed by atoms with E-state index < -0.39 is 0 Å². The molecule has 2 N–H and O–H groups in total. The van der Waals surface area contributed by atoms with E-state index in [1.807, 2.05) is 11.0 Å². The van der Waals surface area contributed by atoms with Gasteiger partial charge in [0.05, 0.1) is 5.69 Å². The Morgan fingerprint density at radius 2 is 1.92 bits per heavy atom. The number of aryl methyl sites for hydroxylation is 2. The SMILES string of the molecule is Nc1nccnc1C[C@@H]1CCCN(C(=O)c2ccc3c(c2)CCCC3)C1. The van der Waals surface area contributed by atoms with Gasteiger partial charge in [0.1, 0.15) is 5.82 Å². The lowest BCUT2D eigenvalue weighted by atomic mass is 9.89. The number of nitrogen functional groups attached to an aromatic ring is 1. The van der Waals surface area contributed by atoms with Crippen LogP contribution in [0.15, 0.2) is 30.6 Å². The molecule has 0 radical (unpaired) electrons. The number of hydrogen-bond acceptors (Lipinski definition) is 4. The summed E-state index contributed by atoms with van der Waals surface area (Å²) >= 11 is 0. The topological polar surface area (TPSA) is 72.1 Å². The van der Waals surface area contributed by atoms with Gasteiger partial charge in [0, 0.05) is 31.0 Å². The molecule has 26 heavy (non-hydrogen) atoms. The number of carbonyl (C=O) groups excluding carboxylic acids is 1. The summed E-state index contributed by atoms with van der Waals surface area (Å²) in [6.45, 7) is 1.61. The minimum atomic E-state index is 0.162. The first-order chi connectivity index (χ1) is 12.7. The summed E-state index contributed by atoms with van der Waals surface area (Å²) in [6, 6.07) is 6.29. The van der Waals surface area contributed by atoms with Crippen LogP contribution in [0.5, 0.6) is 0 Å². The van der Waals surface area contributed by atoms with Crippen molar-refractivity contribution in [2.45, 2.75) is 44.9 Å². The first-order valence-corrected chi connectivity index (χ1v) is 9.67. The first-order valence-electron chi connectivity index (χ1n) is 9.67. The molecule has 0 saturated carbocycles. The minimum absolute atomic E-state index is 0.162. The molecule has 5 nitrogen and oxygen atoms in total. The second-order valence-corrected chi connectivity index (χ2v) is 7.54. The highest BCUT2D eigenvalue weighted by molar-refractivity contribution is 5.94. The zero-order valence-corrected chi connectivity index (χ0v) is 15.2. The van der Waals surface area contributed by atoms with Crippen LogP contribution in [0, 0.1) is 5.92 Å². The Balaban J connectivity index is 1.45. The molecule has 1 aliphatic carbocycles. The van der Waals surface area contributed by atoms with Crippen LogP contribution in [-0.4, -0.2) is 33.9 Å².